The average Bonchev–Trinajstić information content (AvgIpc) is 2.88. The van der Waals surface area contributed by atoms with E-state index in [-0.39, 0.29) is 43.2 Å². The van der Waals surface area contributed by atoms with Crippen LogP contribution in [0, 0.1) is 5.82 Å². The summed E-state index contributed by atoms with van der Waals surface area (Å²) in [5.74, 6) is -2.51. The molecule has 1 aromatic heterocycles. The minimum absolute atomic E-state index is 0.0681. The molecular formula is C24H23F4N5O5S. The predicted molar refractivity (Wildman–Crippen MR) is 135 cm³/mol. The van der Waals surface area contributed by atoms with Crippen molar-refractivity contribution in [1.29, 1.82) is 0 Å². The highest BCUT2D eigenvalue weighted by molar-refractivity contribution is 7.90. The Kier molecular flexibility index (Phi) is 7.29. The number of aromatic carboxylic acids is 1. The van der Waals surface area contributed by atoms with Gasteiger partial charge in [0.2, 0.25) is 11.4 Å². The molecule has 0 amide bonds. The van der Waals surface area contributed by atoms with Crippen molar-refractivity contribution in [3.05, 3.63) is 69.8 Å². The smallest absolute Gasteiger partial charge is 0.416 e. The van der Waals surface area contributed by atoms with Gasteiger partial charge in [0.1, 0.15) is 11.4 Å². The van der Waals surface area contributed by atoms with Crippen LogP contribution in [0.25, 0.3) is 10.9 Å². The molecule has 1 aliphatic rings. The third kappa shape index (κ3) is 5.53. The fourth-order valence-corrected chi connectivity index (χ4v) is 5.23. The van der Waals surface area contributed by atoms with Crippen molar-refractivity contribution in [1.82, 2.24) is 9.47 Å². The number of rotatable bonds is 5. The summed E-state index contributed by atoms with van der Waals surface area (Å²) < 4.78 is 83.5. The molecule has 10 nitrogen and oxygen atoms in total. The number of anilines is 1. The molecule has 1 fully saturated rings. The molecular weight excluding hydrogens is 546 g/mol. The van der Waals surface area contributed by atoms with Crippen LogP contribution in [0.15, 0.2) is 56.7 Å². The molecule has 2 aromatic carbocycles. The monoisotopic (exact) mass is 569 g/mol. The zero-order chi connectivity index (χ0) is 28.7. The molecule has 1 aliphatic heterocycles. The summed E-state index contributed by atoms with van der Waals surface area (Å²) in [5.41, 5.74) is 4.15. The number of hydrogen-bond acceptors (Lipinski definition) is 5. The predicted octanol–water partition coefficient (Wildman–Crippen LogP) is 2.70. The Morgan fingerprint density at radius 3 is 2.26 bits per heavy atom. The SMILES string of the molecule is CCn1cc(C(=O)O)c(=O)c2cc(F)c(N3CCN(/C(N)=N/S(=O)(=O)c4ccc(C(F)(F)F)cc4)CC3)cc21. The first kappa shape index (κ1) is 27.9. The van der Waals surface area contributed by atoms with Gasteiger partial charge >= 0.3 is 12.1 Å². The summed E-state index contributed by atoms with van der Waals surface area (Å²) in [7, 11) is -4.38. The molecule has 0 radical (unpaired) electrons. The number of piperazine rings is 1. The van der Waals surface area contributed by atoms with Crippen LogP contribution in [0.3, 0.4) is 0 Å². The van der Waals surface area contributed by atoms with Gasteiger partial charge in [0, 0.05) is 44.3 Å². The lowest BCUT2D eigenvalue weighted by molar-refractivity contribution is -0.137. The van der Waals surface area contributed by atoms with E-state index in [9.17, 15) is 36.3 Å². The van der Waals surface area contributed by atoms with Gasteiger partial charge in [-0.1, -0.05) is 0 Å². The lowest BCUT2D eigenvalue weighted by Gasteiger charge is -2.36. The van der Waals surface area contributed by atoms with Crippen LogP contribution in [0.4, 0.5) is 23.2 Å². The Hall–Kier alpha value is -4.14. The molecule has 208 valence electrons. The number of carbonyl (C=O) groups is 1. The van der Waals surface area contributed by atoms with Gasteiger partial charge in [-0.05, 0) is 43.3 Å². The van der Waals surface area contributed by atoms with Crippen LogP contribution in [-0.2, 0) is 22.7 Å². The van der Waals surface area contributed by atoms with E-state index < -0.39 is 49.4 Å². The second kappa shape index (κ2) is 10.2. The fraction of sp³-hybridized carbons (Fsp3) is 0.292. The number of aryl methyl sites for hydroxylation is 1. The number of nitrogens with two attached hydrogens (primary N) is 1. The summed E-state index contributed by atoms with van der Waals surface area (Å²) in [6.07, 6.45) is -3.41. The molecule has 0 atom stereocenters. The maximum Gasteiger partial charge on any atom is 0.416 e. The molecule has 0 aliphatic carbocycles. The van der Waals surface area contributed by atoms with Crippen LogP contribution >= 0.6 is 0 Å². The van der Waals surface area contributed by atoms with Gasteiger partial charge in [-0.15, -0.1) is 4.40 Å². The molecule has 15 heteroatoms. The first-order valence-electron chi connectivity index (χ1n) is 11.6. The number of benzene rings is 2. The summed E-state index contributed by atoms with van der Waals surface area (Å²) in [6.45, 7) is 2.77. The molecule has 0 saturated carbocycles. The zero-order valence-electron chi connectivity index (χ0n) is 20.4. The minimum atomic E-state index is -4.62. The fourth-order valence-electron chi connectivity index (χ4n) is 4.28. The average molecular weight is 570 g/mol. The third-order valence-electron chi connectivity index (χ3n) is 6.36. The van der Waals surface area contributed by atoms with Crippen molar-refractivity contribution >= 4 is 38.5 Å². The first-order chi connectivity index (χ1) is 18.2. The molecule has 0 spiro atoms. The van der Waals surface area contributed by atoms with Gasteiger partial charge in [-0.2, -0.15) is 21.6 Å². The Bertz CT molecular complexity index is 1630. The zero-order valence-corrected chi connectivity index (χ0v) is 21.3. The second-order valence-electron chi connectivity index (χ2n) is 8.70. The molecule has 3 N–H and O–H groups in total. The summed E-state index contributed by atoms with van der Waals surface area (Å²) in [6, 6.07) is 5.33. The van der Waals surface area contributed by atoms with Crippen molar-refractivity contribution in [2.75, 3.05) is 31.1 Å². The number of pyridine rings is 1. The Morgan fingerprint density at radius 2 is 1.72 bits per heavy atom. The Labute approximate surface area is 219 Å². The second-order valence-corrected chi connectivity index (χ2v) is 10.3. The molecule has 2 heterocycles. The maximum atomic E-state index is 15.1. The third-order valence-corrected chi connectivity index (χ3v) is 7.65. The van der Waals surface area contributed by atoms with Crippen LogP contribution in [0.2, 0.25) is 0 Å². The van der Waals surface area contributed by atoms with Crippen molar-refractivity contribution < 1.29 is 35.9 Å². The van der Waals surface area contributed by atoms with E-state index in [0.29, 0.717) is 24.2 Å². The molecule has 0 unspecified atom stereocenters. The van der Waals surface area contributed by atoms with Gasteiger partial charge in [-0.25, -0.2) is 9.18 Å². The molecule has 39 heavy (non-hydrogen) atoms. The number of carboxylic acid groups (broad SMARTS) is 1. The minimum Gasteiger partial charge on any atom is -0.477 e. The number of aromatic nitrogens is 1. The highest BCUT2D eigenvalue weighted by Gasteiger charge is 2.31. The van der Waals surface area contributed by atoms with Crippen molar-refractivity contribution in [2.45, 2.75) is 24.5 Å². The number of fused-ring (bicyclic) bond motifs is 1. The highest BCUT2D eigenvalue weighted by atomic mass is 32.2. The molecule has 1 saturated heterocycles. The number of guanidine groups is 1. The number of hydrogen-bond donors (Lipinski definition) is 2. The number of sulfonamides is 1. The van der Waals surface area contributed by atoms with Gasteiger partial charge in [0.05, 0.1) is 21.7 Å². The van der Waals surface area contributed by atoms with E-state index >= 15 is 4.39 Å². The Balaban J connectivity index is 1.54. The van der Waals surface area contributed by atoms with E-state index in [2.05, 4.69) is 4.40 Å². The lowest BCUT2D eigenvalue weighted by Crippen LogP contribution is -2.51. The topological polar surface area (TPSA) is 138 Å². The molecule has 4 rings (SSSR count). The normalized spacial score (nSPS) is 15.2. The largest absolute Gasteiger partial charge is 0.477 e. The van der Waals surface area contributed by atoms with Gasteiger partial charge in [0.25, 0.3) is 10.0 Å². The molecule has 3 aromatic rings. The lowest BCUT2D eigenvalue weighted by atomic mass is 10.1. The number of alkyl halides is 3. The van der Waals surface area contributed by atoms with Crippen molar-refractivity contribution in [2.24, 2.45) is 10.1 Å². The van der Waals surface area contributed by atoms with Crippen LogP contribution < -0.4 is 16.1 Å². The van der Waals surface area contributed by atoms with Crippen molar-refractivity contribution in [3.8, 4) is 0 Å². The van der Waals surface area contributed by atoms with Crippen LogP contribution in [0.1, 0.15) is 22.8 Å². The van der Waals surface area contributed by atoms with E-state index in [1.807, 2.05) is 0 Å². The summed E-state index contributed by atoms with van der Waals surface area (Å²) >= 11 is 0. The number of halogens is 4. The first-order valence-corrected chi connectivity index (χ1v) is 13.0. The van der Waals surface area contributed by atoms with Gasteiger partial charge < -0.3 is 25.2 Å². The van der Waals surface area contributed by atoms with E-state index in [1.165, 1.54) is 21.7 Å². The van der Waals surface area contributed by atoms with E-state index in [0.717, 1.165) is 18.2 Å². The Morgan fingerprint density at radius 1 is 1.10 bits per heavy atom. The van der Waals surface area contributed by atoms with Crippen LogP contribution in [0.5, 0.6) is 0 Å². The number of nitrogens with zero attached hydrogens (tertiary/aromatic N) is 4. The maximum absolute atomic E-state index is 15.1. The highest BCUT2D eigenvalue weighted by Crippen LogP contribution is 2.30. The number of carboxylic acids is 1. The van der Waals surface area contributed by atoms with Gasteiger partial charge in [-0.3, -0.25) is 4.79 Å². The standard InChI is InChI=1S/C24H23F4N5O5S/c1-2-31-13-17(22(35)36)21(34)16-11-18(25)20(12-19(16)31)32-7-9-33(10-8-32)23(29)30-39(37,38)15-5-3-14(4-6-15)24(26,27)28/h3-6,11-13H,2,7-10H2,1H3,(H2,29,30)(H,35,36). The van der Waals surface area contributed by atoms with Crippen LogP contribution in [-0.4, -0.2) is 61.1 Å². The van der Waals surface area contributed by atoms with Crippen molar-refractivity contribution in [3.63, 3.8) is 0 Å². The summed E-state index contributed by atoms with van der Waals surface area (Å²) in [4.78, 5) is 26.6. The van der Waals surface area contributed by atoms with E-state index in [1.54, 1.807) is 11.8 Å². The summed E-state index contributed by atoms with van der Waals surface area (Å²) in [5, 5.41) is 9.23. The van der Waals surface area contributed by atoms with Gasteiger partial charge in [0.15, 0.2) is 0 Å². The quantitative estimate of drug-likeness (QED) is 0.272. The van der Waals surface area contributed by atoms with E-state index in [4.69, 9.17) is 5.73 Å². The molecule has 0 bridgehead atoms.